The van der Waals surface area contributed by atoms with E-state index in [1.807, 2.05) is 11.4 Å². The summed E-state index contributed by atoms with van der Waals surface area (Å²) in [7, 11) is 1.73. The third-order valence-corrected chi connectivity index (χ3v) is 3.93. The van der Waals surface area contributed by atoms with Crippen LogP contribution < -0.4 is 5.32 Å². The topological polar surface area (TPSA) is 69.6 Å². The number of hydrogen-bond acceptors (Lipinski definition) is 4. The minimum absolute atomic E-state index is 0.0613. The second-order valence-corrected chi connectivity index (χ2v) is 5.54. The maximum atomic E-state index is 12.1. The van der Waals surface area contributed by atoms with Gasteiger partial charge in [-0.05, 0) is 23.4 Å². The number of carbonyl (C=O) groups excluding carboxylic acids is 2. The van der Waals surface area contributed by atoms with Crippen LogP contribution in [0.3, 0.4) is 0 Å². The normalized spacial score (nSPS) is 17.3. The first kappa shape index (κ1) is 14.6. The highest BCUT2D eigenvalue weighted by Gasteiger charge is 2.29. The highest BCUT2D eigenvalue weighted by Crippen LogP contribution is 2.16. The van der Waals surface area contributed by atoms with E-state index in [-0.39, 0.29) is 24.5 Å². The quantitative estimate of drug-likeness (QED) is 0.789. The Kier molecular flexibility index (Phi) is 4.77. The molecule has 20 heavy (non-hydrogen) atoms. The highest BCUT2D eigenvalue weighted by atomic mass is 32.1. The second kappa shape index (κ2) is 6.55. The van der Waals surface area contributed by atoms with Crippen molar-refractivity contribution in [3.63, 3.8) is 0 Å². The summed E-state index contributed by atoms with van der Waals surface area (Å²) >= 11 is 1.48. The van der Waals surface area contributed by atoms with Crippen molar-refractivity contribution in [1.29, 1.82) is 0 Å². The summed E-state index contributed by atoms with van der Waals surface area (Å²) in [6, 6.07) is 1.52. The zero-order chi connectivity index (χ0) is 14.5. The Hall–Kier alpha value is -1.84. The molecule has 0 saturated carbocycles. The van der Waals surface area contributed by atoms with E-state index in [1.165, 1.54) is 11.3 Å². The molecule has 1 atom stereocenters. The number of aliphatic hydroxyl groups is 1. The molecule has 1 saturated heterocycles. The van der Waals surface area contributed by atoms with Crippen LogP contribution in [0.5, 0.6) is 0 Å². The molecule has 1 unspecified atom stereocenters. The molecule has 1 aromatic rings. The van der Waals surface area contributed by atoms with Crippen molar-refractivity contribution in [3.8, 4) is 11.8 Å². The molecule has 0 bridgehead atoms. The van der Waals surface area contributed by atoms with Crippen LogP contribution in [-0.2, 0) is 16.1 Å². The third-order valence-electron chi connectivity index (χ3n) is 3.03. The van der Waals surface area contributed by atoms with Gasteiger partial charge < -0.3 is 15.3 Å². The Morgan fingerprint density at radius 3 is 3.10 bits per heavy atom. The molecule has 1 aliphatic heterocycles. The van der Waals surface area contributed by atoms with E-state index in [1.54, 1.807) is 11.9 Å². The summed E-state index contributed by atoms with van der Waals surface area (Å²) in [4.78, 5) is 25.7. The van der Waals surface area contributed by atoms with E-state index in [0.717, 1.165) is 10.4 Å². The fraction of sp³-hybridized carbons (Fsp3) is 0.429. The standard InChI is InChI=1S/C14H16N2O3S/c1-16(14(19)12-4-5-13(18)15-12)8-10-7-11(20-9-10)3-2-6-17/h7,9,12,17H,4-6,8H2,1H3,(H,15,18). The van der Waals surface area contributed by atoms with Gasteiger partial charge in [-0.3, -0.25) is 9.59 Å². The number of amides is 2. The van der Waals surface area contributed by atoms with Crippen LogP contribution in [0.2, 0.25) is 0 Å². The van der Waals surface area contributed by atoms with Gasteiger partial charge in [-0.1, -0.05) is 11.8 Å². The second-order valence-electron chi connectivity index (χ2n) is 4.63. The van der Waals surface area contributed by atoms with E-state index in [2.05, 4.69) is 17.2 Å². The van der Waals surface area contributed by atoms with E-state index >= 15 is 0 Å². The molecule has 0 aliphatic carbocycles. The Morgan fingerprint density at radius 1 is 1.65 bits per heavy atom. The van der Waals surface area contributed by atoms with Crippen LogP contribution in [0.1, 0.15) is 23.3 Å². The summed E-state index contributed by atoms with van der Waals surface area (Å²) < 4.78 is 0. The Morgan fingerprint density at radius 2 is 2.45 bits per heavy atom. The Labute approximate surface area is 121 Å². The van der Waals surface area contributed by atoms with Gasteiger partial charge >= 0.3 is 0 Å². The minimum atomic E-state index is -0.389. The lowest BCUT2D eigenvalue weighted by Crippen LogP contribution is -2.42. The van der Waals surface area contributed by atoms with Crippen molar-refractivity contribution in [3.05, 3.63) is 21.9 Å². The lowest BCUT2D eigenvalue weighted by molar-refractivity contribution is -0.133. The van der Waals surface area contributed by atoms with E-state index in [4.69, 9.17) is 5.11 Å². The number of thiophene rings is 1. The minimum Gasteiger partial charge on any atom is -0.384 e. The highest BCUT2D eigenvalue weighted by molar-refractivity contribution is 7.10. The zero-order valence-electron chi connectivity index (χ0n) is 11.2. The number of likely N-dealkylation sites (N-methyl/N-ethyl adjacent to an activating group) is 1. The molecule has 0 spiro atoms. The SMILES string of the molecule is CN(Cc1csc(C#CCO)c1)C(=O)C1CCC(=O)N1. The van der Waals surface area contributed by atoms with Crippen molar-refractivity contribution < 1.29 is 14.7 Å². The van der Waals surface area contributed by atoms with E-state index in [0.29, 0.717) is 19.4 Å². The fourth-order valence-electron chi connectivity index (χ4n) is 2.07. The van der Waals surface area contributed by atoms with Crippen LogP contribution in [0.25, 0.3) is 0 Å². The van der Waals surface area contributed by atoms with E-state index < -0.39 is 0 Å². The molecule has 2 amide bonds. The van der Waals surface area contributed by atoms with Gasteiger partial charge in [-0.2, -0.15) is 0 Å². The third kappa shape index (κ3) is 3.59. The molecule has 2 heterocycles. The van der Waals surface area contributed by atoms with Gasteiger partial charge in [0.25, 0.3) is 0 Å². The van der Waals surface area contributed by atoms with Gasteiger partial charge in [0.15, 0.2) is 0 Å². The molecule has 5 nitrogen and oxygen atoms in total. The summed E-state index contributed by atoms with van der Waals surface area (Å²) in [6.45, 7) is 0.329. The number of hydrogen-bond donors (Lipinski definition) is 2. The molecule has 0 aromatic carbocycles. The molecule has 1 aliphatic rings. The molecule has 0 radical (unpaired) electrons. The first-order valence-corrected chi connectivity index (χ1v) is 7.19. The molecule has 6 heteroatoms. The first-order chi connectivity index (χ1) is 9.60. The average molecular weight is 292 g/mol. The largest absolute Gasteiger partial charge is 0.384 e. The molecule has 2 rings (SSSR count). The van der Waals surface area contributed by atoms with Gasteiger partial charge in [0.1, 0.15) is 12.6 Å². The smallest absolute Gasteiger partial charge is 0.245 e. The van der Waals surface area contributed by atoms with Crippen molar-refractivity contribution in [2.75, 3.05) is 13.7 Å². The lowest BCUT2D eigenvalue weighted by Gasteiger charge is -2.20. The number of rotatable bonds is 3. The molecule has 106 valence electrons. The Bertz CT molecular complexity index is 570. The maximum Gasteiger partial charge on any atom is 0.245 e. The molecule has 2 N–H and O–H groups in total. The van der Waals surface area contributed by atoms with Crippen molar-refractivity contribution in [2.24, 2.45) is 0 Å². The number of nitrogens with zero attached hydrogens (tertiary/aromatic N) is 1. The molecule has 1 aromatic heterocycles. The van der Waals surface area contributed by atoms with Crippen LogP contribution in [-0.4, -0.2) is 41.5 Å². The summed E-state index contributed by atoms with van der Waals surface area (Å²) in [6.07, 6.45) is 0.989. The number of aliphatic hydroxyl groups excluding tert-OH is 1. The van der Waals surface area contributed by atoms with Gasteiger partial charge in [0.05, 0.1) is 4.88 Å². The van der Waals surface area contributed by atoms with Crippen molar-refractivity contribution in [2.45, 2.75) is 25.4 Å². The first-order valence-electron chi connectivity index (χ1n) is 6.31. The number of nitrogens with one attached hydrogen (secondary N) is 1. The van der Waals surface area contributed by atoms with Crippen LogP contribution in [0, 0.1) is 11.8 Å². The average Bonchev–Trinajstić information content (AvgIpc) is 3.04. The van der Waals surface area contributed by atoms with Gasteiger partial charge in [0, 0.05) is 20.0 Å². The predicted molar refractivity (Wildman–Crippen MR) is 75.9 cm³/mol. The fourth-order valence-corrected chi connectivity index (χ4v) is 2.84. The lowest BCUT2D eigenvalue weighted by atomic mass is 10.2. The predicted octanol–water partition coefficient (Wildman–Crippen LogP) is 0.329. The van der Waals surface area contributed by atoms with Gasteiger partial charge in [-0.15, -0.1) is 11.3 Å². The Balaban J connectivity index is 1.93. The van der Waals surface area contributed by atoms with Crippen LogP contribution >= 0.6 is 11.3 Å². The van der Waals surface area contributed by atoms with Crippen molar-refractivity contribution in [1.82, 2.24) is 10.2 Å². The zero-order valence-corrected chi connectivity index (χ0v) is 12.0. The number of carbonyl (C=O) groups is 2. The molecular formula is C14H16N2O3S. The van der Waals surface area contributed by atoms with Crippen LogP contribution in [0.15, 0.2) is 11.4 Å². The van der Waals surface area contributed by atoms with E-state index in [9.17, 15) is 9.59 Å². The molecule has 1 fully saturated rings. The monoisotopic (exact) mass is 292 g/mol. The summed E-state index contributed by atoms with van der Waals surface area (Å²) in [5, 5.41) is 13.3. The summed E-state index contributed by atoms with van der Waals surface area (Å²) in [5.41, 5.74) is 0.998. The van der Waals surface area contributed by atoms with Crippen molar-refractivity contribution >= 4 is 23.2 Å². The maximum absolute atomic E-state index is 12.1. The van der Waals surface area contributed by atoms with Crippen LogP contribution in [0.4, 0.5) is 0 Å². The van der Waals surface area contributed by atoms with Gasteiger partial charge in [-0.25, -0.2) is 0 Å². The van der Waals surface area contributed by atoms with Gasteiger partial charge in [0.2, 0.25) is 11.8 Å². The summed E-state index contributed by atoms with van der Waals surface area (Å²) in [5.74, 6) is 5.30. The molecular weight excluding hydrogens is 276 g/mol.